The molecule has 4 N–H and O–H groups in total. The predicted molar refractivity (Wildman–Crippen MR) is 252 cm³/mol. The zero-order valence-corrected chi connectivity index (χ0v) is 40.0. The van der Waals surface area contributed by atoms with Gasteiger partial charge in [0.25, 0.3) is 17.7 Å². The number of aliphatic hydroxyl groups is 1. The van der Waals surface area contributed by atoms with E-state index in [-0.39, 0.29) is 68.0 Å². The van der Waals surface area contributed by atoms with Gasteiger partial charge in [-0.15, -0.1) is 11.3 Å². The lowest BCUT2D eigenvalue weighted by Gasteiger charge is -2.28. The number of aryl methyl sites for hydroxylation is 1. The molecular formula is C48H70N6O12S. The summed E-state index contributed by atoms with van der Waals surface area (Å²) < 4.78 is 24.6. The van der Waals surface area contributed by atoms with E-state index >= 15 is 0 Å². The highest BCUT2D eigenvalue weighted by Crippen LogP contribution is 2.28. The van der Waals surface area contributed by atoms with Crippen molar-refractivity contribution in [3.63, 3.8) is 0 Å². The number of nitrogens with one attached hydrogen (secondary N) is 3. The van der Waals surface area contributed by atoms with Crippen LogP contribution in [0.15, 0.2) is 41.8 Å². The first kappa shape index (κ1) is 53.2. The van der Waals surface area contributed by atoms with Crippen LogP contribution in [0, 0.1) is 12.8 Å². The average Bonchev–Trinajstić information content (AvgIpc) is 4.01. The molecule has 6 amide bonds. The van der Waals surface area contributed by atoms with Gasteiger partial charge in [0.05, 0.1) is 63.1 Å². The Balaban J connectivity index is 0.803. The van der Waals surface area contributed by atoms with Crippen LogP contribution in [0.3, 0.4) is 0 Å². The summed E-state index contributed by atoms with van der Waals surface area (Å²) in [5.41, 5.74) is 3.25. The number of amides is 6. The molecule has 1 saturated heterocycles. The molecule has 0 bridgehead atoms. The fourth-order valence-corrected chi connectivity index (χ4v) is 8.88. The van der Waals surface area contributed by atoms with Crippen molar-refractivity contribution in [2.75, 3.05) is 77.4 Å². The number of imide groups is 1. The molecule has 3 aromatic rings. The number of carbonyl (C=O) groups is 6. The second kappa shape index (κ2) is 29.2. The standard InChI is InChI=1S/C48H70N6O12S/c1-3-52(38-11-9-10-35(2)32-38)45(58)34-53-39-20-31-67-41(39)33-40(53)48(61)51-37-15-13-36(14-16-37)47(60)50-21-8-6-4-5-7-12-42(55)49-22-24-63-26-28-65-30-29-64-27-25-62-23-19-46(59)66-54-43(56)17-18-44(54)57/h9-11,20,31-33,36-37,46,59H,3-8,12-19,21-30,34H2,1-2H3,(H,49,55)(H,50,60)(H,51,61). The fraction of sp³-hybridized carbons (Fsp3) is 0.625. The lowest BCUT2D eigenvalue weighted by molar-refractivity contribution is -0.247. The second-order valence-corrected chi connectivity index (χ2v) is 17.8. The van der Waals surface area contributed by atoms with Crippen molar-refractivity contribution in [2.45, 2.75) is 116 Å². The Hall–Kier alpha value is -4.76. The fourth-order valence-electron chi connectivity index (χ4n) is 8.06. The van der Waals surface area contributed by atoms with Crippen molar-refractivity contribution in [3.05, 3.63) is 53.0 Å². The third kappa shape index (κ3) is 18.0. The zero-order valence-electron chi connectivity index (χ0n) is 39.1. The highest BCUT2D eigenvalue weighted by atomic mass is 32.1. The Morgan fingerprint density at radius 1 is 0.806 bits per heavy atom. The van der Waals surface area contributed by atoms with Crippen LogP contribution in [-0.4, -0.2) is 135 Å². The molecule has 67 heavy (non-hydrogen) atoms. The molecule has 1 aromatic carbocycles. The molecule has 3 heterocycles. The SMILES string of the molecule is CCN(C(=O)Cn1c(C(=O)NC2CCC(C(=O)NCCCCCCCC(=O)NCCOCCOCCOCCOCCC(O)ON3C(=O)CCC3=O)CC2)cc2sccc21)c1cccc(C)c1. The molecule has 1 saturated carbocycles. The first-order valence-corrected chi connectivity index (χ1v) is 24.7. The number of carbonyl (C=O) groups excluding carboxylic acids is 6. The Kier molecular flexibility index (Phi) is 23.2. The number of rotatable bonds is 32. The Bertz CT molecular complexity index is 2020. The Morgan fingerprint density at radius 3 is 2.15 bits per heavy atom. The zero-order chi connectivity index (χ0) is 47.8. The first-order chi connectivity index (χ1) is 32.5. The number of hydroxylamine groups is 2. The molecule has 2 fully saturated rings. The summed E-state index contributed by atoms with van der Waals surface area (Å²) in [6.45, 7) is 8.36. The number of anilines is 1. The van der Waals surface area contributed by atoms with E-state index < -0.39 is 18.1 Å². The lowest BCUT2D eigenvalue weighted by atomic mass is 9.85. The summed E-state index contributed by atoms with van der Waals surface area (Å²) in [5.74, 6) is -1.20. The smallest absolute Gasteiger partial charge is 0.268 e. The molecule has 1 aliphatic carbocycles. The normalized spacial score (nSPS) is 16.7. The van der Waals surface area contributed by atoms with Gasteiger partial charge in [-0.3, -0.25) is 28.8 Å². The number of fused-ring (bicyclic) bond motifs is 1. The molecule has 1 aliphatic heterocycles. The Morgan fingerprint density at radius 2 is 1.46 bits per heavy atom. The third-order valence-electron chi connectivity index (χ3n) is 11.7. The van der Waals surface area contributed by atoms with E-state index in [1.165, 1.54) is 0 Å². The molecule has 2 aliphatic rings. The molecular weight excluding hydrogens is 885 g/mol. The van der Waals surface area contributed by atoms with Gasteiger partial charge in [0, 0.05) is 63.0 Å². The highest BCUT2D eigenvalue weighted by Gasteiger charge is 2.32. The number of hydrogen-bond donors (Lipinski definition) is 4. The summed E-state index contributed by atoms with van der Waals surface area (Å²) >= 11 is 1.54. The van der Waals surface area contributed by atoms with E-state index in [0.717, 1.165) is 53.6 Å². The second-order valence-electron chi connectivity index (χ2n) is 16.8. The average molecular weight is 955 g/mol. The van der Waals surface area contributed by atoms with E-state index in [1.54, 1.807) is 16.2 Å². The minimum atomic E-state index is -1.31. The molecule has 0 spiro atoms. The minimum Gasteiger partial charge on any atom is -0.379 e. The summed E-state index contributed by atoms with van der Waals surface area (Å²) in [5, 5.41) is 21.6. The number of aliphatic hydroxyl groups excluding tert-OH is 1. The highest BCUT2D eigenvalue weighted by molar-refractivity contribution is 7.17. The van der Waals surface area contributed by atoms with Crippen LogP contribution in [0.4, 0.5) is 5.69 Å². The van der Waals surface area contributed by atoms with Gasteiger partial charge in [0.2, 0.25) is 17.7 Å². The third-order valence-corrected chi connectivity index (χ3v) is 12.6. The topological polar surface area (TPSA) is 216 Å². The Labute approximate surface area is 397 Å². The molecule has 1 atom stereocenters. The van der Waals surface area contributed by atoms with Crippen LogP contribution in [0.25, 0.3) is 10.2 Å². The van der Waals surface area contributed by atoms with Gasteiger partial charge in [-0.2, -0.15) is 5.06 Å². The van der Waals surface area contributed by atoms with Gasteiger partial charge in [-0.25, -0.2) is 4.84 Å². The minimum absolute atomic E-state index is 0.000987. The van der Waals surface area contributed by atoms with E-state index in [4.69, 9.17) is 23.8 Å². The maximum atomic E-state index is 13.6. The maximum absolute atomic E-state index is 13.6. The van der Waals surface area contributed by atoms with Crippen LogP contribution in [0.5, 0.6) is 0 Å². The van der Waals surface area contributed by atoms with Crippen molar-refractivity contribution in [3.8, 4) is 0 Å². The summed E-state index contributed by atoms with van der Waals surface area (Å²) in [4.78, 5) is 82.1. The van der Waals surface area contributed by atoms with Crippen molar-refractivity contribution in [1.29, 1.82) is 0 Å². The number of hydrogen-bond acceptors (Lipinski definition) is 13. The van der Waals surface area contributed by atoms with Crippen molar-refractivity contribution in [1.82, 2.24) is 25.6 Å². The van der Waals surface area contributed by atoms with E-state index in [2.05, 4.69) is 16.0 Å². The van der Waals surface area contributed by atoms with Crippen LogP contribution in [0.2, 0.25) is 0 Å². The first-order valence-electron chi connectivity index (χ1n) is 23.8. The van der Waals surface area contributed by atoms with E-state index in [0.29, 0.717) is 109 Å². The molecule has 19 heteroatoms. The van der Waals surface area contributed by atoms with Crippen molar-refractivity contribution in [2.24, 2.45) is 5.92 Å². The largest absolute Gasteiger partial charge is 0.379 e. The van der Waals surface area contributed by atoms with Gasteiger partial charge in [0.15, 0.2) is 6.29 Å². The van der Waals surface area contributed by atoms with E-state index in [9.17, 15) is 33.9 Å². The van der Waals surface area contributed by atoms with Crippen molar-refractivity contribution < 1.29 is 57.7 Å². The van der Waals surface area contributed by atoms with Gasteiger partial charge in [-0.1, -0.05) is 31.4 Å². The molecule has 0 radical (unpaired) electrons. The van der Waals surface area contributed by atoms with E-state index in [1.807, 2.05) is 60.2 Å². The molecule has 2 aromatic heterocycles. The van der Waals surface area contributed by atoms with Gasteiger partial charge >= 0.3 is 0 Å². The summed E-state index contributed by atoms with van der Waals surface area (Å²) in [6, 6.07) is 11.6. The quantitative estimate of drug-likeness (QED) is 0.0378. The molecule has 1 unspecified atom stereocenters. The van der Waals surface area contributed by atoms with Crippen LogP contribution in [0.1, 0.15) is 106 Å². The van der Waals surface area contributed by atoms with Crippen molar-refractivity contribution >= 4 is 62.7 Å². The van der Waals surface area contributed by atoms with Crippen LogP contribution >= 0.6 is 11.3 Å². The van der Waals surface area contributed by atoms with Crippen LogP contribution in [-0.2, 0) is 54.3 Å². The molecule has 370 valence electrons. The number of ether oxygens (including phenoxy) is 4. The number of nitrogens with zero attached hydrogens (tertiary/aromatic N) is 3. The lowest BCUT2D eigenvalue weighted by Crippen LogP contribution is -2.42. The molecule has 18 nitrogen and oxygen atoms in total. The number of thiophene rings is 1. The predicted octanol–water partition coefficient (Wildman–Crippen LogP) is 4.78. The number of aromatic nitrogens is 1. The van der Waals surface area contributed by atoms with Crippen LogP contribution < -0.4 is 20.9 Å². The van der Waals surface area contributed by atoms with Gasteiger partial charge < -0.3 is 49.5 Å². The van der Waals surface area contributed by atoms with Gasteiger partial charge in [0.1, 0.15) is 12.2 Å². The number of unbranched alkanes of at least 4 members (excludes halogenated alkanes) is 4. The number of benzene rings is 1. The number of likely N-dealkylation sites (N-methyl/N-ethyl adjacent to an activating group) is 1. The summed E-state index contributed by atoms with van der Waals surface area (Å²) in [6.07, 6.45) is 6.87. The monoisotopic (exact) mass is 954 g/mol. The summed E-state index contributed by atoms with van der Waals surface area (Å²) in [7, 11) is 0. The van der Waals surface area contributed by atoms with Gasteiger partial charge in [-0.05, 0) is 87.6 Å². The molecule has 5 rings (SSSR count). The maximum Gasteiger partial charge on any atom is 0.268 e.